The van der Waals surface area contributed by atoms with Crippen LogP contribution in [-0.2, 0) is 6.42 Å². The lowest BCUT2D eigenvalue weighted by atomic mass is 10.0. The fraction of sp³-hybridized carbons (Fsp3) is 0.467. The molecule has 0 aliphatic rings. The highest BCUT2D eigenvalue weighted by Gasteiger charge is 2.03. The number of halogens is 1. The van der Waals surface area contributed by atoms with Crippen molar-refractivity contribution in [3.8, 4) is 18.1 Å². The van der Waals surface area contributed by atoms with Gasteiger partial charge in [-0.3, -0.25) is 0 Å². The quantitative estimate of drug-likeness (QED) is 0.564. The Labute approximate surface area is 109 Å². The van der Waals surface area contributed by atoms with E-state index in [1.165, 1.54) is 5.56 Å². The SMILES string of the molecule is C#CCNC[C@H](C)Cc1ccc(OCCF)cc1. The van der Waals surface area contributed by atoms with Gasteiger partial charge in [0.2, 0.25) is 0 Å². The molecule has 0 amide bonds. The molecule has 1 rings (SSSR count). The summed E-state index contributed by atoms with van der Waals surface area (Å²) in [6, 6.07) is 7.80. The van der Waals surface area contributed by atoms with Crippen molar-refractivity contribution >= 4 is 0 Å². The monoisotopic (exact) mass is 249 g/mol. The van der Waals surface area contributed by atoms with E-state index < -0.39 is 6.67 Å². The van der Waals surface area contributed by atoms with Gasteiger partial charge in [-0.2, -0.15) is 0 Å². The van der Waals surface area contributed by atoms with Crippen LogP contribution in [0.25, 0.3) is 0 Å². The lowest BCUT2D eigenvalue weighted by Gasteiger charge is -2.12. The van der Waals surface area contributed by atoms with E-state index in [4.69, 9.17) is 11.2 Å². The first-order valence-corrected chi connectivity index (χ1v) is 6.18. The molecule has 0 spiro atoms. The molecule has 0 fully saturated rings. The number of alkyl halides is 1. The smallest absolute Gasteiger partial charge is 0.123 e. The summed E-state index contributed by atoms with van der Waals surface area (Å²) < 4.78 is 17.1. The summed E-state index contributed by atoms with van der Waals surface area (Å²) in [5.41, 5.74) is 1.25. The van der Waals surface area contributed by atoms with Gasteiger partial charge in [-0.1, -0.05) is 25.0 Å². The van der Waals surface area contributed by atoms with Crippen LogP contribution in [0.1, 0.15) is 12.5 Å². The zero-order valence-electron chi connectivity index (χ0n) is 10.8. The van der Waals surface area contributed by atoms with Gasteiger partial charge >= 0.3 is 0 Å². The maximum absolute atomic E-state index is 11.9. The summed E-state index contributed by atoms with van der Waals surface area (Å²) in [5, 5.41) is 3.19. The first kappa shape index (κ1) is 14.5. The number of terminal acetylenes is 1. The molecule has 3 heteroatoms. The highest BCUT2D eigenvalue weighted by atomic mass is 19.1. The van der Waals surface area contributed by atoms with Crippen molar-refractivity contribution < 1.29 is 9.13 Å². The van der Waals surface area contributed by atoms with E-state index in [1.54, 1.807) is 0 Å². The first-order valence-electron chi connectivity index (χ1n) is 6.18. The topological polar surface area (TPSA) is 21.3 Å². The maximum atomic E-state index is 11.9. The van der Waals surface area contributed by atoms with Crippen LogP contribution < -0.4 is 10.1 Å². The summed E-state index contributed by atoms with van der Waals surface area (Å²) in [6.07, 6.45) is 6.16. The molecule has 0 bridgehead atoms. The van der Waals surface area contributed by atoms with Crippen molar-refractivity contribution in [2.45, 2.75) is 13.3 Å². The first-order chi connectivity index (χ1) is 8.76. The molecule has 18 heavy (non-hydrogen) atoms. The van der Waals surface area contributed by atoms with Gasteiger partial charge in [-0.15, -0.1) is 6.42 Å². The number of rotatable bonds is 8. The number of benzene rings is 1. The Morgan fingerprint density at radius 3 is 2.72 bits per heavy atom. The van der Waals surface area contributed by atoms with E-state index in [2.05, 4.69) is 18.2 Å². The molecular weight excluding hydrogens is 229 g/mol. The van der Waals surface area contributed by atoms with Crippen LogP contribution in [-0.4, -0.2) is 26.4 Å². The molecule has 0 aromatic heterocycles. The van der Waals surface area contributed by atoms with Crippen LogP contribution in [0.3, 0.4) is 0 Å². The van der Waals surface area contributed by atoms with Crippen molar-refractivity contribution in [3.63, 3.8) is 0 Å². The minimum absolute atomic E-state index is 0.117. The summed E-state index contributed by atoms with van der Waals surface area (Å²) in [4.78, 5) is 0. The average Bonchev–Trinajstić information content (AvgIpc) is 2.38. The Morgan fingerprint density at radius 1 is 1.39 bits per heavy atom. The van der Waals surface area contributed by atoms with Crippen LogP contribution in [0.15, 0.2) is 24.3 Å². The van der Waals surface area contributed by atoms with Gasteiger partial charge in [-0.25, -0.2) is 4.39 Å². The molecule has 0 saturated carbocycles. The molecule has 1 aromatic rings. The van der Waals surface area contributed by atoms with E-state index in [1.807, 2.05) is 24.3 Å². The minimum Gasteiger partial charge on any atom is -0.491 e. The van der Waals surface area contributed by atoms with Gasteiger partial charge in [-0.05, 0) is 36.6 Å². The van der Waals surface area contributed by atoms with E-state index in [0.29, 0.717) is 12.5 Å². The lowest BCUT2D eigenvalue weighted by Crippen LogP contribution is -2.22. The summed E-state index contributed by atoms with van der Waals surface area (Å²) in [7, 11) is 0. The second kappa shape index (κ2) is 8.54. The summed E-state index contributed by atoms with van der Waals surface area (Å²) in [6.45, 7) is 3.35. The molecule has 1 atom stereocenters. The third-order valence-electron chi connectivity index (χ3n) is 2.57. The van der Waals surface area contributed by atoms with Crippen molar-refractivity contribution in [1.82, 2.24) is 5.32 Å². The standard InChI is InChI=1S/C15H20FNO/c1-3-9-17-12-13(2)11-14-4-6-15(7-5-14)18-10-8-16/h1,4-7,13,17H,8-12H2,2H3/t13-/m1/s1. The summed E-state index contributed by atoms with van der Waals surface area (Å²) >= 11 is 0. The number of hydrogen-bond donors (Lipinski definition) is 1. The fourth-order valence-corrected chi connectivity index (χ4v) is 1.74. The molecule has 2 nitrogen and oxygen atoms in total. The molecule has 0 unspecified atom stereocenters. The van der Waals surface area contributed by atoms with E-state index in [0.717, 1.165) is 18.7 Å². The lowest BCUT2D eigenvalue weighted by molar-refractivity contribution is 0.273. The van der Waals surface area contributed by atoms with Crippen LogP contribution >= 0.6 is 0 Å². The number of ether oxygens (including phenoxy) is 1. The Balaban J connectivity index is 2.36. The minimum atomic E-state index is -0.459. The van der Waals surface area contributed by atoms with Gasteiger partial charge in [0.05, 0.1) is 6.54 Å². The molecule has 1 N–H and O–H groups in total. The Kier molecular flexibility index (Phi) is 6.90. The normalized spacial score (nSPS) is 11.8. The molecular formula is C15H20FNO. The predicted molar refractivity (Wildman–Crippen MR) is 72.5 cm³/mol. The van der Waals surface area contributed by atoms with Crippen LogP contribution in [0.2, 0.25) is 0 Å². The third-order valence-corrected chi connectivity index (χ3v) is 2.57. The third kappa shape index (κ3) is 5.70. The zero-order chi connectivity index (χ0) is 13.2. The van der Waals surface area contributed by atoms with E-state index in [-0.39, 0.29) is 6.61 Å². The maximum Gasteiger partial charge on any atom is 0.123 e. The van der Waals surface area contributed by atoms with Crippen molar-refractivity contribution in [2.75, 3.05) is 26.4 Å². The predicted octanol–water partition coefficient (Wildman–Crippen LogP) is 2.44. The van der Waals surface area contributed by atoms with Crippen LogP contribution in [0.5, 0.6) is 5.75 Å². The molecule has 1 aromatic carbocycles. The molecule has 98 valence electrons. The zero-order valence-corrected chi connectivity index (χ0v) is 10.8. The van der Waals surface area contributed by atoms with Crippen LogP contribution in [0, 0.1) is 18.3 Å². The van der Waals surface area contributed by atoms with E-state index in [9.17, 15) is 4.39 Å². The molecule has 0 aliphatic heterocycles. The Bertz CT molecular complexity index is 369. The highest BCUT2D eigenvalue weighted by molar-refractivity contribution is 5.27. The van der Waals surface area contributed by atoms with Gasteiger partial charge in [0, 0.05) is 0 Å². The fourth-order valence-electron chi connectivity index (χ4n) is 1.74. The van der Waals surface area contributed by atoms with Gasteiger partial charge < -0.3 is 10.1 Å². The van der Waals surface area contributed by atoms with Gasteiger partial charge in [0.15, 0.2) is 0 Å². The Morgan fingerprint density at radius 2 is 2.11 bits per heavy atom. The largest absolute Gasteiger partial charge is 0.491 e. The highest BCUT2D eigenvalue weighted by Crippen LogP contribution is 2.14. The van der Waals surface area contributed by atoms with Gasteiger partial charge in [0.25, 0.3) is 0 Å². The molecule has 0 saturated heterocycles. The Hall–Kier alpha value is -1.53. The van der Waals surface area contributed by atoms with Crippen molar-refractivity contribution in [2.24, 2.45) is 5.92 Å². The molecule has 0 aliphatic carbocycles. The second-order valence-corrected chi connectivity index (χ2v) is 4.33. The van der Waals surface area contributed by atoms with Crippen molar-refractivity contribution in [3.05, 3.63) is 29.8 Å². The average molecular weight is 249 g/mol. The summed E-state index contributed by atoms with van der Waals surface area (Å²) in [5.74, 6) is 3.80. The van der Waals surface area contributed by atoms with Gasteiger partial charge in [0.1, 0.15) is 19.0 Å². The van der Waals surface area contributed by atoms with Crippen LogP contribution in [0.4, 0.5) is 4.39 Å². The number of nitrogens with one attached hydrogen (secondary N) is 1. The second-order valence-electron chi connectivity index (χ2n) is 4.33. The van der Waals surface area contributed by atoms with E-state index >= 15 is 0 Å². The number of hydrogen-bond acceptors (Lipinski definition) is 2. The molecule has 0 radical (unpaired) electrons. The van der Waals surface area contributed by atoms with Crippen molar-refractivity contribution in [1.29, 1.82) is 0 Å². The molecule has 0 heterocycles.